The second-order valence-electron chi connectivity index (χ2n) is 5.69. The van der Waals surface area contributed by atoms with E-state index in [1.165, 1.54) is 40.9 Å². The topological polar surface area (TPSA) is 15.3 Å². The molecule has 0 fully saturated rings. The highest BCUT2D eigenvalue weighted by Crippen LogP contribution is 2.36. The van der Waals surface area contributed by atoms with Gasteiger partial charge < -0.3 is 10.2 Å². The summed E-state index contributed by atoms with van der Waals surface area (Å²) in [6, 6.07) is 13.0. The number of nitrogens with one attached hydrogen (secondary N) is 1. The monoisotopic (exact) mass is 300 g/mol. The molecule has 2 aromatic rings. The van der Waals surface area contributed by atoms with Crippen molar-refractivity contribution in [1.29, 1.82) is 0 Å². The fraction of sp³-hybridized carbons (Fsp3) is 0.333. The lowest BCUT2D eigenvalue weighted by molar-refractivity contribution is 0.754. The Hall–Kier alpha value is -1.51. The van der Waals surface area contributed by atoms with Crippen molar-refractivity contribution in [3.8, 4) is 0 Å². The summed E-state index contributed by atoms with van der Waals surface area (Å²) >= 11 is 6.17. The van der Waals surface area contributed by atoms with E-state index in [1.807, 2.05) is 13.1 Å². The molecule has 1 N–H and O–H groups in total. The van der Waals surface area contributed by atoms with E-state index in [1.54, 1.807) is 0 Å². The molecule has 3 rings (SSSR count). The number of hydrogen-bond acceptors (Lipinski definition) is 2. The number of benzene rings is 2. The van der Waals surface area contributed by atoms with Crippen LogP contribution in [0.5, 0.6) is 0 Å². The second kappa shape index (κ2) is 6.08. The molecule has 21 heavy (non-hydrogen) atoms. The average Bonchev–Trinajstić information content (AvgIpc) is 2.47. The molecule has 1 aliphatic rings. The summed E-state index contributed by atoms with van der Waals surface area (Å²) in [5.74, 6) is 0. The third kappa shape index (κ3) is 2.92. The van der Waals surface area contributed by atoms with Gasteiger partial charge >= 0.3 is 0 Å². The highest BCUT2D eigenvalue weighted by molar-refractivity contribution is 6.30. The number of fused-ring (bicyclic) bond motifs is 1. The van der Waals surface area contributed by atoms with Gasteiger partial charge in [0.15, 0.2) is 0 Å². The van der Waals surface area contributed by atoms with Gasteiger partial charge in [-0.05, 0) is 62.2 Å². The predicted molar refractivity (Wildman–Crippen MR) is 90.7 cm³/mol. The first kappa shape index (κ1) is 14.4. The maximum absolute atomic E-state index is 6.17. The highest BCUT2D eigenvalue weighted by Gasteiger charge is 2.20. The largest absolute Gasteiger partial charge is 0.341 e. The lowest BCUT2D eigenvalue weighted by atomic mass is 9.98. The normalized spacial score (nSPS) is 14.1. The van der Waals surface area contributed by atoms with Crippen molar-refractivity contribution in [2.45, 2.75) is 26.3 Å². The van der Waals surface area contributed by atoms with E-state index in [-0.39, 0.29) is 0 Å². The van der Waals surface area contributed by atoms with Gasteiger partial charge in [0.25, 0.3) is 0 Å². The molecule has 0 amide bonds. The van der Waals surface area contributed by atoms with Gasteiger partial charge in [-0.25, -0.2) is 0 Å². The van der Waals surface area contributed by atoms with Gasteiger partial charge in [0.05, 0.1) is 0 Å². The molecule has 0 atom stereocenters. The number of rotatable bonds is 3. The molecule has 1 aliphatic heterocycles. The van der Waals surface area contributed by atoms with E-state index < -0.39 is 0 Å². The molecule has 1 heterocycles. The number of halogens is 1. The van der Waals surface area contributed by atoms with Crippen LogP contribution in [0, 0.1) is 6.92 Å². The number of anilines is 2. The van der Waals surface area contributed by atoms with Crippen LogP contribution in [0.2, 0.25) is 5.02 Å². The van der Waals surface area contributed by atoms with Crippen LogP contribution in [0.25, 0.3) is 0 Å². The maximum atomic E-state index is 6.17. The predicted octanol–water partition coefficient (Wildman–Crippen LogP) is 4.45. The summed E-state index contributed by atoms with van der Waals surface area (Å²) in [7, 11) is 1.97. The van der Waals surface area contributed by atoms with Crippen LogP contribution in [0.3, 0.4) is 0 Å². The fourth-order valence-corrected chi connectivity index (χ4v) is 3.32. The minimum absolute atomic E-state index is 0.796. The molecule has 0 saturated heterocycles. The molecular weight excluding hydrogens is 280 g/mol. The zero-order valence-electron chi connectivity index (χ0n) is 12.6. The summed E-state index contributed by atoms with van der Waals surface area (Å²) in [4.78, 5) is 2.43. The Balaban J connectivity index is 2.06. The smallest absolute Gasteiger partial charge is 0.0457 e. The van der Waals surface area contributed by atoms with E-state index in [4.69, 9.17) is 11.6 Å². The molecule has 0 aliphatic carbocycles. The van der Waals surface area contributed by atoms with Gasteiger partial charge in [-0.3, -0.25) is 0 Å². The van der Waals surface area contributed by atoms with Crippen LogP contribution in [0.4, 0.5) is 11.4 Å². The number of aryl methyl sites for hydroxylation is 2. The first-order valence-corrected chi connectivity index (χ1v) is 7.87. The molecule has 3 heteroatoms. The van der Waals surface area contributed by atoms with Gasteiger partial charge in [0.2, 0.25) is 0 Å². The van der Waals surface area contributed by atoms with Crippen molar-refractivity contribution in [3.63, 3.8) is 0 Å². The van der Waals surface area contributed by atoms with E-state index in [0.29, 0.717) is 0 Å². The molecule has 0 radical (unpaired) electrons. The molecule has 0 saturated carbocycles. The van der Waals surface area contributed by atoms with E-state index in [0.717, 1.165) is 18.1 Å². The molecule has 0 aromatic heterocycles. The van der Waals surface area contributed by atoms with Crippen molar-refractivity contribution < 1.29 is 0 Å². The zero-order valence-corrected chi connectivity index (χ0v) is 13.4. The van der Waals surface area contributed by atoms with Crippen LogP contribution in [0.1, 0.15) is 23.1 Å². The Bertz CT molecular complexity index is 652. The van der Waals surface area contributed by atoms with Gasteiger partial charge in [-0.15, -0.1) is 0 Å². The van der Waals surface area contributed by atoms with E-state index >= 15 is 0 Å². The maximum Gasteiger partial charge on any atom is 0.0457 e. The quantitative estimate of drug-likeness (QED) is 0.901. The Morgan fingerprint density at radius 3 is 2.76 bits per heavy atom. The van der Waals surface area contributed by atoms with Crippen molar-refractivity contribution in [3.05, 3.63) is 58.1 Å². The van der Waals surface area contributed by atoms with Crippen LogP contribution >= 0.6 is 11.6 Å². The summed E-state index contributed by atoms with van der Waals surface area (Å²) < 4.78 is 0. The lowest BCUT2D eigenvalue weighted by Gasteiger charge is -2.33. The summed E-state index contributed by atoms with van der Waals surface area (Å²) in [6.07, 6.45) is 2.36. The summed E-state index contributed by atoms with van der Waals surface area (Å²) in [6.45, 7) is 4.05. The van der Waals surface area contributed by atoms with E-state index in [9.17, 15) is 0 Å². The van der Waals surface area contributed by atoms with E-state index in [2.05, 4.69) is 47.5 Å². The second-order valence-corrected chi connectivity index (χ2v) is 6.13. The zero-order chi connectivity index (χ0) is 14.8. The molecule has 0 unspecified atom stereocenters. The Morgan fingerprint density at radius 1 is 1.14 bits per heavy atom. The third-order valence-electron chi connectivity index (χ3n) is 4.05. The first-order valence-electron chi connectivity index (χ1n) is 7.49. The van der Waals surface area contributed by atoms with Gasteiger partial charge in [0, 0.05) is 29.5 Å². The lowest BCUT2D eigenvalue weighted by Crippen LogP contribution is -2.26. The molecule has 0 spiro atoms. The standard InChI is InChI=1S/C18H21ClN2/c1-13-5-7-17-14(10-13)4-3-9-21(17)18-8-6-16(19)11-15(18)12-20-2/h5-8,10-11,20H,3-4,9,12H2,1-2H3. The molecule has 110 valence electrons. The first-order chi connectivity index (χ1) is 10.2. The van der Waals surface area contributed by atoms with Crippen molar-refractivity contribution >= 4 is 23.0 Å². The molecular formula is C18H21ClN2. The van der Waals surface area contributed by atoms with Gasteiger partial charge in [-0.2, -0.15) is 0 Å². The third-order valence-corrected chi connectivity index (χ3v) is 4.29. The minimum atomic E-state index is 0.796. The van der Waals surface area contributed by atoms with Crippen molar-refractivity contribution in [2.24, 2.45) is 0 Å². The summed E-state index contributed by atoms with van der Waals surface area (Å²) in [5.41, 5.74) is 6.64. The SMILES string of the molecule is CNCc1cc(Cl)ccc1N1CCCc2cc(C)ccc21. The highest BCUT2D eigenvalue weighted by atomic mass is 35.5. The van der Waals surface area contributed by atoms with Crippen LogP contribution < -0.4 is 10.2 Å². The average molecular weight is 301 g/mol. The Kier molecular flexibility index (Phi) is 4.18. The van der Waals surface area contributed by atoms with Crippen LogP contribution in [-0.4, -0.2) is 13.6 Å². The van der Waals surface area contributed by atoms with Crippen LogP contribution in [0.15, 0.2) is 36.4 Å². The molecule has 2 nitrogen and oxygen atoms in total. The Labute approximate surface area is 131 Å². The number of nitrogens with zero attached hydrogens (tertiary/aromatic N) is 1. The van der Waals surface area contributed by atoms with Crippen molar-refractivity contribution in [1.82, 2.24) is 5.32 Å². The van der Waals surface area contributed by atoms with Crippen molar-refractivity contribution in [2.75, 3.05) is 18.5 Å². The minimum Gasteiger partial charge on any atom is -0.341 e. The summed E-state index contributed by atoms with van der Waals surface area (Å²) in [5, 5.41) is 4.03. The van der Waals surface area contributed by atoms with Gasteiger partial charge in [0.1, 0.15) is 0 Å². The number of hydrogen-bond donors (Lipinski definition) is 1. The molecule has 2 aromatic carbocycles. The fourth-order valence-electron chi connectivity index (χ4n) is 3.13. The van der Waals surface area contributed by atoms with Gasteiger partial charge in [-0.1, -0.05) is 29.3 Å². The molecule has 0 bridgehead atoms. The Morgan fingerprint density at radius 2 is 1.95 bits per heavy atom. The van der Waals surface area contributed by atoms with Crippen LogP contribution in [-0.2, 0) is 13.0 Å².